The van der Waals surface area contributed by atoms with Crippen molar-refractivity contribution in [3.8, 4) is 5.75 Å². The predicted molar refractivity (Wildman–Crippen MR) is 93.8 cm³/mol. The molecule has 0 radical (unpaired) electrons. The van der Waals surface area contributed by atoms with Gasteiger partial charge in [-0.3, -0.25) is 4.79 Å². The second-order valence-electron chi connectivity index (χ2n) is 4.18. The van der Waals surface area contributed by atoms with Crippen molar-refractivity contribution in [1.29, 1.82) is 0 Å². The number of rotatable bonds is 6. The number of carbonyl (C=O) groups is 1. The summed E-state index contributed by atoms with van der Waals surface area (Å²) >= 11 is 10.4. The third kappa shape index (κ3) is 4.52. The second kappa shape index (κ2) is 8.05. The lowest BCUT2D eigenvalue weighted by atomic mass is 10.2. The number of benzene rings is 1. The monoisotopic (exact) mass is 375 g/mol. The fourth-order valence-electron chi connectivity index (χ4n) is 1.58. The zero-order valence-electron chi connectivity index (χ0n) is 12.2. The molecule has 118 valence electrons. The molecule has 0 spiro atoms. The van der Waals surface area contributed by atoms with Gasteiger partial charge in [-0.1, -0.05) is 46.5 Å². The van der Waals surface area contributed by atoms with Gasteiger partial charge in [0.05, 0.1) is 18.6 Å². The molecule has 0 fully saturated rings. The summed E-state index contributed by atoms with van der Waals surface area (Å²) in [5.74, 6) is 0.661. The Balaban J connectivity index is 1.98. The van der Waals surface area contributed by atoms with Crippen LogP contribution in [-0.4, -0.2) is 35.2 Å². The molecule has 2 aromatic rings. The summed E-state index contributed by atoms with van der Waals surface area (Å²) < 4.78 is 6.90. The molecule has 2 rings (SSSR count). The Bertz CT molecular complexity index is 679. The average Bonchev–Trinajstić information content (AvgIpc) is 2.96. The normalized spacial score (nSPS) is 10.5. The number of anilines is 1. The Morgan fingerprint density at radius 2 is 2.14 bits per heavy atom. The molecule has 0 bridgehead atoms. The van der Waals surface area contributed by atoms with Crippen molar-refractivity contribution >= 4 is 58.1 Å². The molecule has 0 unspecified atom stereocenters. The summed E-state index contributed by atoms with van der Waals surface area (Å²) in [4.78, 5) is 12.1. The van der Waals surface area contributed by atoms with Crippen LogP contribution in [0.25, 0.3) is 0 Å². The highest BCUT2D eigenvalue weighted by Gasteiger charge is 2.12. The molecule has 1 N–H and O–H groups in total. The van der Waals surface area contributed by atoms with Gasteiger partial charge in [0.2, 0.25) is 5.91 Å². The number of halogens is 1. The predicted octanol–water partition coefficient (Wildman–Crippen LogP) is 3.96. The summed E-state index contributed by atoms with van der Waals surface area (Å²) in [6.07, 6.45) is 1.94. The molecule has 0 aliphatic heterocycles. The molecular weight excluding hydrogens is 362 g/mol. The molecule has 0 saturated carbocycles. The maximum absolute atomic E-state index is 12.1. The number of nitrogens with one attached hydrogen (secondary N) is 1. The summed E-state index contributed by atoms with van der Waals surface area (Å²) in [5.41, 5.74) is 1.48. The van der Waals surface area contributed by atoms with Gasteiger partial charge in [-0.15, -0.1) is 10.2 Å². The van der Waals surface area contributed by atoms with Crippen LogP contribution in [0.3, 0.4) is 0 Å². The van der Waals surface area contributed by atoms with Gasteiger partial charge in [-0.05, 0) is 24.8 Å². The molecule has 5 nitrogen and oxygen atoms in total. The molecule has 9 heteroatoms. The van der Waals surface area contributed by atoms with Crippen molar-refractivity contribution in [2.24, 2.45) is 0 Å². The first kappa shape index (κ1) is 17.4. The summed E-state index contributed by atoms with van der Waals surface area (Å²) in [6.45, 7) is 1.87. The lowest BCUT2D eigenvalue weighted by Crippen LogP contribution is -2.14. The van der Waals surface area contributed by atoms with Crippen LogP contribution in [0.2, 0.25) is 5.02 Å². The van der Waals surface area contributed by atoms with Crippen LogP contribution in [0.1, 0.15) is 5.56 Å². The summed E-state index contributed by atoms with van der Waals surface area (Å²) in [5, 5.41) is 11.4. The summed E-state index contributed by atoms with van der Waals surface area (Å²) in [6, 6.07) is 3.48. The van der Waals surface area contributed by atoms with Crippen molar-refractivity contribution in [1.82, 2.24) is 10.2 Å². The van der Waals surface area contributed by atoms with E-state index in [4.69, 9.17) is 16.3 Å². The Morgan fingerprint density at radius 3 is 2.77 bits per heavy atom. The highest BCUT2D eigenvalue weighted by molar-refractivity contribution is 8.03. The van der Waals surface area contributed by atoms with Gasteiger partial charge in [0.1, 0.15) is 5.75 Å². The third-order valence-electron chi connectivity index (χ3n) is 2.64. The van der Waals surface area contributed by atoms with Crippen LogP contribution in [0.15, 0.2) is 20.8 Å². The quantitative estimate of drug-likeness (QED) is 0.771. The van der Waals surface area contributed by atoms with Crippen LogP contribution >= 0.6 is 46.5 Å². The van der Waals surface area contributed by atoms with Crippen molar-refractivity contribution in [2.75, 3.05) is 24.4 Å². The van der Waals surface area contributed by atoms with Crippen molar-refractivity contribution < 1.29 is 9.53 Å². The van der Waals surface area contributed by atoms with Crippen molar-refractivity contribution in [3.63, 3.8) is 0 Å². The highest BCUT2D eigenvalue weighted by atomic mass is 35.5. The molecule has 0 aliphatic carbocycles. The number of amides is 1. The van der Waals surface area contributed by atoms with E-state index < -0.39 is 0 Å². The zero-order chi connectivity index (χ0) is 16.1. The lowest BCUT2D eigenvalue weighted by molar-refractivity contribution is -0.113. The first-order valence-corrected chi connectivity index (χ1v) is 9.58. The number of aromatic nitrogens is 2. The Kier molecular flexibility index (Phi) is 6.37. The number of methoxy groups -OCH3 is 1. The number of aryl methyl sites for hydroxylation is 1. The molecule has 0 aliphatic rings. The van der Waals surface area contributed by atoms with Crippen LogP contribution < -0.4 is 10.1 Å². The largest absolute Gasteiger partial charge is 0.495 e. The second-order valence-corrected chi connectivity index (χ2v) is 7.84. The maximum atomic E-state index is 12.1. The average molecular weight is 376 g/mol. The van der Waals surface area contributed by atoms with Gasteiger partial charge >= 0.3 is 0 Å². The van der Waals surface area contributed by atoms with Gasteiger partial charge in [-0.2, -0.15) is 0 Å². The summed E-state index contributed by atoms with van der Waals surface area (Å²) in [7, 11) is 1.54. The minimum Gasteiger partial charge on any atom is -0.495 e. The van der Waals surface area contributed by atoms with E-state index in [1.807, 2.05) is 13.2 Å². The Morgan fingerprint density at radius 1 is 1.41 bits per heavy atom. The third-order valence-corrected chi connectivity index (χ3v) is 6.08. The number of ether oxygens (including phenoxy) is 1. The molecule has 1 aromatic heterocycles. The van der Waals surface area contributed by atoms with Gasteiger partial charge < -0.3 is 10.1 Å². The first-order valence-electron chi connectivity index (χ1n) is 6.17. The molecule has 1 amide bonds. The van der Waals surface area contributed by atoms with E-state index in [-0.39, 0.29) is 11.7 Å². The molecular formula is C13H14ClN3O2S3. The minimum atomic E-state index is -0.133. The zero-order valence-corrected chi connectivity index (χ0v) is 15.4. The van der Waals surface area contributed by atoms with Gasteiger partial charge in [0, 0.05) is 11.1 Å². The van der Waals surface area contributed by atoms with E-state index in [0.29, 0.717) is 16.5 Å². The van der Waals surface area contributed by atoms with Gasteiger partial charge in [0.15, 0.2) is 8.68 Å². The number of hydrogen-bond donors (Lipinski definition) is 1. The number of nitrogens with zero attached hydrogens (tertiary/aromatic N) is 2. The van der Waals surface area contributed by atoms with Crippen LogP contribution in [0.4, 0.5) is 5.69 Å². The van der Waals surface area contributed by atoms with E-state index >= 15 is 0 Å². The smallest absolute Gasteiger partial charge is 0.234 e. The number of carbonyl (C=O) groups excluding carboxylic acids is 1. The standard InChI is InChI=1S/C13H14ClN3O2S3/c1-7-4-9(10(19-2)5-8(7)14)15-11(18)6-21-13-17-16-12(20-3)22-13/h4-5H,6H2,1-3H3,(H,15,18). The lowest BCUT2D eigenvalue weighted by Gasteiger charge is -2.11. The van der Waals surface area contributed by atoms with E-state index in [0.717, 1.165) is 14.2 Å². The molecule has 0 saturated heterocycles. The SMILES string of the molecule is COc1cc(Cl)c(C)cc1NC(=O)CSc1nnc(SC)s1. The highest BCUT2D eigenvalue weighted by Crippen LogP contribution is 2.31. The molecule has 0 atom stereocenters. The maximum Gasteiger partial charge on any atom is 0.234 e. The van der Waals surface area contributed by atoms with E-state index in [9.17, 15) is 4.79 Å². The van der Waals surface area contributed by atoms with E-state index in [1.165, 1.54) is 42.0 Å². The van der Waals surface area contributed by atoms with Crippen molar-refractivity contribution in [3.05, 3.63) is 22.7 Å². The topological polar surface area (TPSA) is 64.1 Å². The van der Waals surface area contributed by atoms with E-state index in [1.54, 1.807) is 12.1 Å². The molecule has 1 heterocycles. The first-order chi connectivity index (χ1) is 10.5. The van der Waals surface area contributed by atoms with Crippen LogP contribution in [-0.2, 0) is 4.79 Å². The fourth-order valence-corrected chi connectivity index (χ4v) is 3.97. The minimum absolute atomic E-state index is 0.133. The molecule has 22 heavy (non-hydrogen) atoms. The fraction of sp³-hybridized carbons (Fsp3) is 0.308. The number of hydrogen-bond acceptors (Lipinski definition) is 7. The van der Waals surface area contributed by atoms with Crippen LogP contribution in [0, 0.1) is 6.92 Å². The van der Waals surface area contributed by atoms with Crippen LogP contribution in [0.5, 0.6) is 5.75 Å². The Labute approximate surface area is 146 Å². The Hall–Kier alpha value is -0.960. The van der Waals surface area contributed by atoms with E-state index in [2.05, 4.69) is 15.5 Å². The van der Waals surface area contributed by atoms with Crippen molar-refractivity contribution in [2.45, 2.75) is 15.6 Å². The van der Waals surface area contributed by atoms with Gasteiger partial charge in [-0.25, -0.2) is 0 Å². The van der Waals surface area contributed by atoms with Gasteiger partial charge in [0.25, 0.3) is 0 Å². The number of thioether (sulfide) groups is 2. The molecule has 1 aromatic carbocycles.